The number of thioether (sulfide) groups is 1. The molecule has 2 saturated carbocycles. The van der Waals surface area contributed by atoms with Crippen molar-refractivity contribution < 1.29 is 0 Å². The molecule has 1 N–H and O–H groups in total. The first-order chi connectivity index (χ1) is 8.37. The van der Waals surface area contributed by atoms with Crippen LogP contribution in [0.15, 0.2) is 4.99 Å². The average Bonchev–Trinajstić information content (AvgIpc) is 2.79. The highest BCUT2D eigenvalue weighted by molar-refractivity contribution is 8.14. The zero-order chi connectivity index (χ0) is 13.0. The lowest BCUT2D eigenvalue weighted by atomic mass is 10.0. The largest absolute Gasteiger partial charge is 0.359 e. The van der Waals surface area contributed by atoms with Crippen LogP contribution >= 0.6 is 11.8 Å². The summed E-state index contributed by atoms with van der Waals surface area (Å²) in [5.41, 5.74) is 1.34. The van der Waals surface area contributed by atoms with E-state index in [1.54, 1.807) is 0 Å². The van der Waals surface area contributed by atoms with Gasteiger partial charge in [-0.25, -0.2) is 0 Å². The molecule has 0 bridgehead atoms. The van der Waals surface area contributed by atoms with Crippen LogP contribution in [0.25, 0.3) is 0 Å². The van der Waals surface area contributed by atoms with Crippen LogP contribution in [0.3, 0.4) is 0 Å². The lowest BCUT2D eigenvalue weighted by Crippen LogP contribution is -2.40. The summed E-state index contributed by atoms with van der Waals surface area (Å²) in [6.45, 7) is 10.5. The van der Waals surface area contributed by atoms with Gasteiger partial charge in [-0.1, -0.05) is 52.3 Å². The van der Waals surface area contributed by atoms with Crippen molar-refractivity contribution in [2.24, 2.45) is 21.7 Å². The van der Waals surface area contributed by atoms with Gasteiger partial charge in [-0.2, -0.15) is 0 Å². The van der Waals surface area contributed by atoms with Gasteiger partial charge in [0.25, 0.3) is 0 Å². The summed E-state index contributed by atoms with van der Waals surface area (Å²) >= 11 is 1.95. The molecule has 2 nitrogen and oxygen atoms in total. The molecule has 0 atom stereocenters. The Hall–Kier alpha value is -0.180. The molecule has 0 aromatic carbocycles. The molecule has 3 rings (SSSR count). The van der Waals surface area contributed by atoms with Crippen molar-refractivity contribution in [1.29, 1.82) is 0 Å². The van der Waals surface area contributed by atoms with Crippen molar-refractivity contribution >= 4 is 16.9 Å². The van der Waals surface area contributed by atoms with Crippen LogP contribution in [-0.4, -0.2) is 23.0 Å². The molecule has 3 heteroatoms. The highest BCUT2D eigenvalue weighted by Gasteiger charge is 2.64. The van der Waals surface area contributed by atoms with Gasteiger partial charge in [0.2, 0.25) is 0 Å². The molecule has 1 aliphatic heterocycles. The molecular weight excluding hydrogens is 240 g/mol. The maximum Gasteiger partial charge on any atom is 0.157 e. The van der Waals surface area contributed by atoms with E-state index in [9.17, 15) is 0 Å². The first-order valence-corrected chi connectivity index (χ1v) is 8.31. The van der Waals surface area contributed by atoms with Crippen LogP contribution < -0.4 is 5.32 Å². The Morgan fingerprint density at radius 3 is 2.33 bits per heavy atom. The molecule has 1 spiro atoms. The Bertz CT molecular complexity index is 364. The molecule has 1 saturated heterocycles. The second-order valence-electron chi connectivity index (χ2n) is 7.54. The fraction of sp³-hybridized carbons (Fsp3) is 0.933. The van der Waals surface area contributed by atoms with Crippen LogP contribution in [0.2, 0.25) is 0 Å². The van der Waals surface area contributed by atoms with Gasteiger partial charge in [0, 0.05) is 17.8 Å². The minimum absolute atomic E-state index is 0.415. The van der Waals surface area contributed by atoms with Crippen LogP contribution in [0.5, 0.6) is 0 Å². The van der Waals surface area contributed by atoms with E-state index >= 15 is 0 Å². The van der Waals surface area contributed by atoms with Crippen molar-refractivity contribution in [3.63, 3.8) is 0 Å². The summed E-state index contributed by atoms with van der Waals surface area (Å²) in [6, 6.07) is 0. The van der Waals surface area contributed by atoms with Crippen molar-refractivity contribution in [2.45, 2.75) is 58.9 Å². The topological polar surface area (TPSA) is 24.4 Å². The quantitative estimate of drug-likeness (QED) is 0.824. The van der Waals surface area contributed by atoms with Gasteiger partial charge in [-0.15, -0.1) is 0 Å². The molecule has 102 valence electrons. The summed E-state index contributed by atoms with van der Waals surface area (Å²) < 4.78 is 0. The molecule has 3 fully saturated rings. The van der Waals surface area contributed by atoms with Gasteiger partial charge in [-0.05, 0) is 29.6 Å². The number of nitrogens with zero attached hydrogens (tertiary/aromatic N) is 1. The number of rotatable bonds is 2. The Balaban J connectivity index is 1.59. The predicted octanol–water partition coefficient (Wildman–Crippen LogP) is 3.67. The van der Waals surface area contributed by atoms with Gasteiger partial charge in [0.15, 0.2) is 5.17 Å². The Labute approximate surface area is 115 Å². The molecule has 18 heavy (non-hydrogen) atoms. The maximum absolute atomic E-state index is 4.86. The summed E-state index contributed by atoms with van der Waals surface area (Å²) in [7, 11) is 0. The second kappa shape index (κ2) is 3.91. The summed E-state index contributed by atoms with van der Waals surface area (Å²) in [5.74, 6) is 1.99. The lowest BCUT2D eigenvalue weighted by Gasteiger charge is -2.21. The molecule has 1 heterocycles. The Morgan fingerprint density at radius 2 is 1.78 bits per heavy atom. The third-order valence-corrected chi connectivity index (χ3v) is 7.36. The molecule has 0 unspecified atom stereocenters. The normalized spacial score (nSPS) is 34.1. The number of nitrogens with one attached hydrogen (secondary N) is 1. The summed E-state index contributed by atoms with van der Waals surface area (Å²) in [4.78, 5) is 4.86. The van der Waals surface area contributed by atoms with Crippen molar-refractivity contribution in [2.75, 3.05) is 12.3 Å². The van der Waals surface area contributed by atoms with Crippen LogP contribution in [-0.2, 0) is 0 Å². The highest BCUT2D eigenvalue weighted by Crippen LogP contribution is 2.68. The molecule has 2 aliphatic carbocycles. The predicted molar refractivity (Wildman–Crippen MR) is 80.1 cm³/mol. The fourth-order valence-corrected chi connectivity index (χ4v) is 5.10. The molecule has 3 aliphatic rings. The van der Waals surface area contributed by atoms with E-state index in [2.05, 4.69) is 33.0 Å². The van der Waals surface area contributed by atoms with E-state index < -0.39 is 0 Å². The van der Waals surface area contributed by atoms with Crippen molar-refractivity contribution in [3.8, 4) is 0 Å². The van der Waals surface area contributed by atoms with Gasteiger partial charge in [0.1, 0.15) is 0 Å². The van der Waals surface area contributed by atoms with E-state index in [-0.39, 0.29) is 0 Å². The van der Waals surface area contributed by atoms with E-state index in [1.165, 1.54) is 36.6 Å². The van der Waals surface area contributed by atoms with Gasteiger partial charge < -0.3 is 5.32 Å². The molecular formula is C15H26N2S. The first-order valence-electron chi connectivity index (χ1n) is 7.33. The van der Waals surface area contributed by atoms with Gasteiger partial charge in [0.05, 0.1) is 0 Å². The van der Waals surface area contributed by atoms with Crippen molar-refractivity contribution in [1.82, 2.24) is 5.32 Å². The zero-order valence-corrected chi connectivity index (χ0v) is 13.0. The monoisotopic (exact) mass is 266 g/mol. The van der Waals surface area contributed by atoms with Crippen LogP contribution in [0.1, 0.15) is 53.4 Å². The first kappa shape index (κ1) is 12.8. The standard InChI is InChI=1S/C15H26N2S/c1-13(2)11(14(13,3)4)9-16-12-17-15(10-18-12)7-5-6-8-15/h11H,5-10H2,1-4H3,(H,16,17). The molecule has 0 aromatic heterocycles. The fourth-order valence-electron chi connectivity index (χ4n) is 3.88. The molecule has 0 amide bonds. The number of hydrogen-bond acceptors (Lipinski definition) is 2. The van der Waals surface area contributed by atoms with Gasteiger partial charge >= 0.3 is 0 Å². The molecule has 0 radical (unpaired) electrons. The lowest BCUT2D eigenvalue weighted by molar-refractivity contribution is 0.452. The Kier molecular flexibility index (Phi) is 2.79. The van der Waals surface area contributed by atoms with E-state index in [0.29, 0.717) is 16.4 Å². The van der Waals surface area contributed by atoms with Crippen LogP contribution in [0, 0.1) is 16.7 Å². The average molecular weight is 266 g/mol. The van der Waals surface area contributed by atoms with Gasteiger partial charge in [-0.3, -0.25) is 4.99 Å². The van der Waals surface area contributed by atoms with Crippen LogP contribution in [0.4, 0.5) is 0 Å². The molecule has 0 aromatic rings. The third-order valence-electron chi connectivity index (χ3n) is 6.16. The third kappa shape index (κ3) is 1.81. The van der Waals surface area contributed by atoms with E-state index in [4.69, 9.17) is 4.99 Å². The minimum Gasteiger partial charge on any atom is -0.359 e. The highest BCUT2D eigenvalue weighted by atomic mass is 32.2. The van der Waals surface area contributed by atoms with E-state index in [1.807, 2.05) is 11.8 Å². The SMILES string of the molecule is CC1(C)C(CN=C2NC3(CCCC3)CS2)C1(C)C. The maximum atomic E-state index is 4.86. The number of amidine groups is 1. The number of aliphatic imine (C=N–C) groups is 1. The van der Waals surface area contributed by atoms with E-state index in [0.717, 1.165) is 12.5 Å². The number of hydrogen-bond donors (Lipinski definition) is 1. The smallest absolute Gasteiger partial charge is 0.157 e. The van der Waals surface area contributed by atoms with Crippen molar-refractivity contribution in [3.05, 3.63) is 0 Å². The summed E-state index contributed by atoms with van der Waals surface area (Å²) in [5, 5.41) is 4.94. The zero-order valence-electron chi connectivity index (χ0n) is 12.2. The summed E-state index contributed by atoms with van der Waals surface area (Å²) in [6.07, 6.45) is 5.48. The minimum atomic E-state index is 0.415. The second-order valence-corrected chi connectivity index (χ2v) is 8.51. The Morgan fingerprint density at radius 1 is 1.17 bits per heavy atom.